The first-order chi connectivity index (χ1) is 21.2. The molecule has 6 heteroatoms. The Balaban J connectivity index is 0.00000384. The molecule has 0 spiro atoms. The highest BCUT2D eigenvalue weighted by atomic mass is 79.9. The van der Waals surface area contributed by atoms with E-state index >= 15 is 0 Å². The Morgan fingerprint density at radius 1 is 0.500 bits per heavy atom. The van der Waals surface area contributed by atoms with Crippen LogP contribution in [0.4, 0.5) is 0 Å². The van der Waals surface area contributed by atoms with E-state index in [-0.39, 0.29) is 22.7 Å². The van der Waals surface area contributed by atoms with E-state index in [2.05, 4.69) is 124 Å². The minimum atomic E-state index is -2.10. The van der Waals surface area contributed by atoms with Gasteiger partial charge in [-0.3, -0.25) is 14.9 Å². The highest BCUT2D eigenvalue weighted by Gasteiger charge is 2.45. The number of rotatable bonds is 11. The van der Waals surface area contributed by atoms with Crippen LogP contribution < -0.4 is 32.9 Å². The molecule has 1 N–H and O–H groups in total. The number of hydrogen-bond acceptors (Lipinski definition) is 4. The van der Waals surface area contributed by atoms with Gasteiger partial charge in [0.15, 0.2) is 0 Å². The second-order valence-corrected chi connectivity index (χ2v) is 14.3. The summed E-state index contributed by atoms with van der Waals surface area (Å²) in [6.07, 6.45) is 4.47. The van der Waals surface area contributed by atoms with Crippen LogP contribution in [0.25, 0.3) is 0 Å². The first kappa shape index (κ1) is 31.3. The van der Waals surface area contributed by atoms with Crippen molar-refractivity contribution in [3.63, 3.8) is 0 Å². The maximum Gasteiger partial charge on any atom is 0.116 e. The van der Waals surface area contributed by atoms with E-state index in [9.17, 15) is 5.11 Å². The molecule has 0 aliphatic heterocycles. The number of hydrogen-bond donors (Lipinski definition) is 1. The average Bonchev–Trinajstić information content (AvgIpc) is 3.05. The van der Waals surface area contributed by atoms with Crippen LogP contribution in [0.2, 0.25) is 0 Å². The molecule has 220 valence electrons. The summed E-state index contributed by atoms with van der Waals surface area (Å²) < 4.78 is 0. The van der Waals surface area contributed by atoms with Crippen LogP contribution in [0, 0.1) is 0 Å². The largest absolute Gasteiger partial charge is 1.00 e. The van der Waals surface area contributed by atoms with Crippen LogP contribution in [0.1, 0.15) is 22.5 Å². The van der Waals surface area contributed by atoms with E-state index in [4.69, 9.17) is 0 Å². The van der Waals surface area contributed by atoms with Gasteiger partial charge in [-0.05, 0) is 83.9 Å². The van der Waals surface area contributed by atoms with Crippen molar-refractivity contribution >= 4 is 23.2 Å². The normalized spacial score (nSPS) is 11.2. The van der Waals surface area contributed by atoms with E-state index in [1.165, 1.54) is 15.9 Å². The van der Waals surface area contributed by atoms with Gasteiger partial charge in [-0.1, -0.05) is 72.8 Å². The van der Waals surface area contributed by atoms with Crippen molar-refractivity contribution in [2.75, 3.05) is 0 Å². The van der Waals surface area contributed by atoms with E-state index in [0.29, 0.717) is 19.6 Å². The van der Waals surface area contributed by atoms with Crippen LogP contribution in [-0.4, -0.2) is 20.0 Å². The molecule has 44 heavy (non-hydrogen) atoms. The maximum absolute atomic E-state index is 11.1. The molecule has 0 aliphatic carbocycles. The zero-order valence-corrected chi connectivity index (χ0v) is 26.9. The molecule has 2 heterocycles. The van der Waals surface area contributed by atoms with Crippen molar-refractivity contribution in [3.05, 3.63) is 181 Å². The minimum Gasteiger partial charge on any atom is -1.00 e. The van der Waals surface area contributed by atoms with Gasteiger partial charge in [-0.15, -0.1) is 0 Å². The van der Waals surface area contributed by atoms with Crippen LogP contribution in [0.5, 0.6) is 5.75 Å². The lowest BCUT2D eigenvalue weighted by Crippen LogP contribution is -3.00. The number of phenolic OH excluding ortho intramolecular Hbond substituents is 1. The van der Waals surface area contributed by atoms with Crippen molar-refractivity contribution in [1.29, 1.82) is 0 Å². The van der Waals surface area contributed by atoms with Crippen molar-refractivity contribution in [3.8, 4) is 5.75 Å². The molecule has 2 aromatic heterocycles. The predicted octanol–water partition coefficient (Wildman–Crippen LogP) is 3.88. The molecule has 0 saturated carbocycles. The minimum absolute atomic E-state index is 0. The molecule has 0 bridgehead atoms. The van der Waals surface area contributed by atoms with Crippen LogP contribution >= 0.6 is 7.26 Å². The number of halogens is 1. The van der Waals surface area contributed by atoms with Crippen LogP contribution in [0.3, 0.4) is 0 Å². The fraction of sp³-hybridized carbons (Fsp3) is 0.105. The van der Waals surface area contributed by atoms with Gasteiger partial charge in [-0.2, -0.15) is 0 Å². The van der Waals surface area contributed by atoms with E-state index in [0.717, 1.165) is 28.7 Å². The fourth-order valence-corrected chi connectivity index (χ4v) is 10.1. The highest BCUT2D eigenvalue weighted by molar-refractivity contribution is 7.95. The van der Waals surface area contributed by atoms with E-state index < -0.39 is 7.26 Å². The Labute approximate surface area is 271 Å². The average molecular weight is 661 g/mol. The number of phenols is 1. The Morgan fingerprint density at radius 2 is 0.932 bits per heavy atom. The molecule has 0 fully saturated rings. The maximum atomic E-state index is 11.1. The monoisotopic (exact) mass is 659 g/mol. The number of aromatic hydroxyl groups is 1. The summed E-state index contributed by atoms with van der Waals surface area (Å²) in [7, 11) is -2.10. The summed E-state index contributed by atoms with van der Waals surface area (Å²) in [5, 5.41) is 15.0. The van der Waals surface area contributed by atoms with Gasteiger partial charge in [0.05, 0.1) is 17.5 Å². The van der Waals surface area contributed by atoms with Crippen molar-refractivity contribution in [1.82, 2.24) is 14.9 Å². The quantitative estimate of drug-likeness (QED) is 0.215. The van der Waals surface area contributed by atoms with Crippen molar-refractivity contribution < 1.29 is 22.1 Å². The molecule has 6 rings (SSSR count). The van der Waals surface area contributed by atoms with Gasteiger partial charge in [0, 0.05) is 32.0 Å². The Hall–Kier alpha value is -4.15. The third-order valence-corrected chi connectivity index (χ3v) is 12.1. The van der Waals surface area contributed by atoms with Crippen LogP contribution in [-0.2, 0) is 25.8 Å². The molecule has 0 amide bonds. The lowest BCUT2D eigenvalue weighted by atomic mass is 10.1. The topological polar surface area (TPSA) is 49.2 Å². The van der Waals surface area contributed by atoms with Gasteiger partial charge in [0.1, 0.15) is 28.9 Å². The molecule has 4 aromatic carbocycles. The molecular formula is C38H35BrN3OP. The number of benzene rings is 4. The van der Waals surface area contributed by atoms with Gasteiger partial charge < -0.3 is 22.1 Å². The van der Waals surface area contributed by atoms with Crippen molar-refractivity contribution in [2.45, 2.75) is 25.8 Å². The molecule has 0 radical (unpaired) electrons. The number of aromatic nitrogens is 2. The van der Waals surface area contributed by atoms with E-state index in [1.807, 2.05) is 48.8 Å². The zero-order chi connectivity index (χ0) is 29.3. The zero-order valence-electron chi connectivity index (χ0n) is 24.5. The summed E-state index contributed by atoms with van der Waals surface area (Å²) in [5.74, 6) is 0.287. The summed E-state index contributed by atoms with van der Waals surface area (Å²) >= 11 is 0. The summed E-state index contributed by atoms with van der Waals surface area (Å²) in [5.41, 5.74) is 4.19. The Morgan fingerprint density at radius 3 is 1.36 bits per heavy atom. The van der Waals surface area contributed by atoms with E-state index in [1.54, 1.807) is 0 Å². The SMILES string of the molecule is Oc1cc(CN(Cc2ccccn2)Cc2ccccn2)cc(C[P+](c2ccccc2)(c2ccccc2)c2ccccc2)c1.[Br-]. The summed E-state index contributed by atoms with van der Waals surface area (Å²) in [6, 6.07) is 50.8. The fourth-order valence-electron chi connectivity index (χ4n) is 5.84. The second-order valence-electron chi connectivity index (χ2n) is 10.8. The molecule has 4 nitrogen and oxygen atoms in total. The van der Waals surface area contributed by atoms with Gasteiger partial charge in [0.2, 0.25) is 0 Å². The molecular weight excluding hydrogens is 625 g/mol. The molecule has 0 atom stereocenters. The lowest BCUT2D eigenvalue weighted by Gasteiger charge is -2.28. The third kappa shape index (κ3) is 7.49. The summed E-state index contributed by atoms with van der Waals surface area (Å²) in [6.45, 7) is 2.01. The number of pyridine rings is 2. The molecule has 6 aromatic rings. The first-order valence-corrected chi connectivity index (χ1v) is 16.6. The summed E-state index contributed by atoms with van der Waals surface area (Å²) in [4.78, 5) is 11.5. The second kappa shape index (κ2) is 15.0. The molecule has 0 aliphatic rings. The molecule has 0 saturated heterocycles. The smallest absolute Gasteiger partial charge is 0.116 e. The standard InChI is InChI=1S/C38H34N3OP.BrH/c42-35-25-31(27-41(28-33-14-10-12-22-39-33)29-34-15-11-13-23-40-34)24-32(26-35)30-43(36-16-4-1-5-17-36,37-18-6-2-7-19-37)38-20-8-3-9-21-38;/h1-26H,27-30H2;1H. The number of nitrogens with zero attached hydrogens (tertiary/aromatic N) is 3. The third-order valence-electron chi connectivity index (χ3n) is 7.68. The Kier molecular flexibility index (Phi) is 10.7. The molecule has 0 unspecified atom stereocenters. The predicted molar refractivity (Wildman–Crippen MR) is 178 cm³/mol. The van der Waals surface area contributed by atoms with Crippen molar-refractivity contribution in [2.24, 2.45) is 0 Å². The van der Waals surface area contributed by atoms with Crippen LogP contribution in [0.15, 0.2) is 158 Å². The highest BCUT2D eigenvalue weighted by Crippen LogP contribution is 2.58. The van der Waals surface area contributed by atoms with Gasteiger partial charge in [-0.25, -0.2) is 0 Å². The first-order valence-electron chi connectivity index (χ1n) is 14.6. The van der Waals surface area contributed by atoms with Gasteiger partial charge >= 0.3 is 0 Å². The lowest BCUT2D eigenvalue weighted by molar-refractivity contribution is -0.00000987. The Bertz CT molecular complexity index is 1590. The van der Waals surface area contributed by atoms with Gasteiger partial charge in [0.25, 0.3) is 0 Å².